The van der Waals surface area contributed by atoms with E-state index >= 15 is 0 Å². The van der Waals surface area contributed by atoms with Gasteiger partial charge in [-0.05, 0) is 42.5 Å². The highest BCUT2D eigenvalue weighted by atomic mass is 16.6. The standard InChI is InChI=1S/C11H15NO2/c1-13-9-6-5-8-3-2-4-11(14-12)10(8)7-9/h5-7,11H,2-4,12H2,1H3. The maximum atomic E-state index is 5.27. The van der Waals surface area contributed by atoms with Gasteiger partial charge < -0.3 is 4.74 Å². The molecule has 0 saturated heterocycles. The van der Waals surface area contributed by atoms with Crippen molar-refractivity contribution >= 4 is 0 Å². The fraction of sp³-hybridized carbons (Fsp3) is 0.455. The van der Waals surface area contributed by atoms with E-state index in [0.717, 1.165) is 25.0 Å². The average Bonchev–Trinajstić information content (AvgIpc) is 2.27. The Bertz CT molecular complexity index is 325. The maximum Gasteiger partial charge on any atom is 0.119 e. The molecule has 14 heavy (non-hydrogen) atoms. The molecule has 1 unspecified atom stereocenters. The van der Waals surface area contributed by atoms with Gasteiger partial charge in [-0.25, -0.2) is 5.90 Å². The van der Waals surface area contributed by atoms with E-state index in [0.29, 0.717) is 0 Å². The van der Waals surface area contributed by atoms with Crippen LogP contribution in [0.4, 0.5) is 0 Å². The number of rotatable bonds is 2. The van der Waals surface area contributed by atoms with Gasteiger partial charge in [0.2, 0.25) is 0 Å². The second kappa shape index (κ2) is 3.98. The molecule has 2 N–H and O–H groups in total. The van der Waals surface area contributed by atoms with Crippen molar-refractivity contribution in [2.24, 2.45) is 5.90 Å². The zero-order valence-corrected chi connectivity index (χ0v) is 8.32. The van der Waals surface area contributed by atoms with Gasteiger partial charge in [-0.2, -0.15) is 0 Å². The minimum Gasteiger partial charge on any atom is -0.497 e. The average molecular weight is 193 g/mol. The van der Waals surface area contributed by atoms with Gasteiger partial charge in [0.15, 0.2) is 0 Å². The van der Waals surface area contributed by atoms with Gasteiger partial charge >= 0.3 is 0 Å². The molecule has 0 bridgehead atoms. The van der Waals surface area contributed by atoms with Crippen LogP contribution in [-0.4, -0.2) is 7.11 Å². The molecule has 0 amide bonds. The van der Waals surface area contributed by atoms with E-state index in [-0.39, 0.29) is 6.10 Å². The molecule has 3 heteroatoms. The van der Waals surface area contributed by atoms with E-state index in [1.807, 2.05) is 12.1 Å². The molecule has 1 aliphatic rings. The SMILES string of the molecule is COc1ccc2c(c1)C(ON)CCC2. The maximum absolute atomic E-state index is 5.27. The predicted molar refractivity (Wildman–Crippen MR) is 53.9 cm³/mol. The second-order valence-corrected chi connectivity index (χ2v) is 3.58. The monoisotopic (exact) mass is 193 g/mol. The molecule has 0 aliphatic heterocycles. The first-order valence-corrected chi connectivity index (χ1v) is 4.87. The summed E-state index contributed by atoms with van der Waals surface area (Å²) in [4.78, 5) is 4.96. The van der Waals surface area contributed by atoms with Crippen LogP contribution in [0.3, 0.4) is 0 Å². The van der Waals surface area contributed by atoms with E-state index in [1.54, 1.807) is 7.11 Å². The third kappa shape index (κ3) is 1.61. The highest BCUT2D eigenvalue weighted by Crippen LogP contribution is 2.33. The molecule has 1 atom stereocenters. The zero-order valence-electron chi connectivity index (χ0n) is 8.32. The van der Waals surface area contributed by atoms with Gasteiger partial charge in [-0.1, -0.05) is 6.07 Å². The summed E-state index contributed by atoms with van der Waals surface area (Å²) in [5, 5.41) is 0. The van der Waals surface area contributed by atoms with E-state index in [2.05, 4.69) is 6.07 Å². The van der Waals surface area contributed by atoms with E-state index in [1.165, 1.54) is 11.1 Å². The molecule has 76 valence electrons. The summed E-state index contributed by atoms with van der Waals surface area (Å²) in [6, 6.07) is 6.10. The molecule has 3 nitrogen and oxygen atoms in total. The van der Waals surface area contributed by atoms with E-state index < -0.39 is 0 Å². The van der Waals surface area contributed by atoms with Crippen LogP contribution in [-0.2, 0) is 11.3 Å². The second-order valence-electron chi connectivity index (χ2n) is 3.58. The van der Waals surface area contributed by atoms with Crippen LogP contribution < -0.4 is 10.6 Å². The van der Waals surface area contributed by atoms with E-state index in [9.17, 15) is 0 Å². The number of fused-ring (bicyclic) bond motifs is 1. The van der Waals surface area contributed by atoms with Gasteiger partial charge in [0.05, 0.1) is 7.11 Å². The van der Waals surface area contributed by atoms with Gasteiger partial charge in [0.1, 0.15) is 11.9 Å². The molecule has 0 aromatic heterocycles. The van der Waals surface area contributed by atoms with Crippen molar-refractivity contribution in [3.63, 3.8) is 0 Å². The Labute approximate surface area is 83.8 Å². The van der Waals surface area contributed by atoms with Crippen LogP contribution in [0, 0.1) is 0 Å². The number of ether oxygens (including phenoxy) is 1. The summed E-state index contributed by atoms with van der Waals surface area (Å²) in [6.07, 6.45) is 3.28. The number of hydrogen-bond donors (Lipinski definition) is 1. The largest absolute Gasteiger partial charge is 0.497 e. The molecular formula is C11H15NO2. The van der Waals surface area contributed by atoms with Gasteiger partial charge in [-0.3, -0.25) is 4.84 Å². The van der Waals surface area contributed by atoms with Crippen LogP contribution in [0.25, 0.3) is 0 Å². The van der Waals surface area contributed by atoms with Crippen molar-refractivity contribution in [3.8, 4) is 5.75 Å². The van der Waals surface area contributed by atoms with Crippen molar-refractivity contribution in [2.75, 3.05) is 7.11 Å². The summed E-state index contributed by atoms with van der Waals surface area (Å²) >= 11 is 0. The first kappa shape index (κ1) is 9.49. The lowest BCUT2D eigenvalue weighted by atomic mass is 9.89. The van der Waals surface area contributed by atoms with Crippen molar-refractivity contribution < 1.29 is 9.57 Å². The summed E-state index contributed by atoms with van der Waals surface area (Å²) in [5.74, 6) is 6.14. The number of hydrogen-bond acceptors (Lipinski definition) is 3. The van der Waals surface area contributed by atoms with Crippen LogP contribution in [0.15, 0.2) is 18.2 Å². The molecular weight excluding hydrogens is 178 g/mol. The summed E-state index contributed by atoms with van der Waals surface area (Å²) in [7, 11) is 1.67. The van der Waals surface area contributed by atoms with Crippen molar-refractivity contribution in [1.29, 1.82) is 0 Å². The minimum atomic E-state index is 0.0360. The number of aryl methyl sites for hydroxylation is 1. The molecule has 0 spiro atoms. The Morgan fingerprint density at radius 1 is 1.43 bits per heavy atom. The smallest absolute Gasteiger partial charge is 0.119 e. The third-order valence-electron chi connectivity index (χ3n) is 2.78. The molecule has 1 aromatic rings. The molecule has 0 radical (unpaired) electrons. The van der Waals surface area contributed by atoms with Crippen molar-refractivity contribution in [2.45, 2.75) is 25.4 Å². The Morgan fingerprint density at radius 3 is 3.00 bits per heavy atom. The fourth-order valence-corrected chi connectivity index (χ4v) is 2.00. The highest BCUT2D eigenvalue weighted by molar-refractivity contribution is 5.38. The summed E-state index contributed by atoms with van der Waals surface area (Å²) < 4.78 is 5.18. The lowest BCUT2D eigenvalue weighted by Gasteiger charge is -2.23. The topological polar surface area (TPSA) is 44.5 Å². The van der Waals surface area contributed by atoms with Gasteiger partial charge in [0, 0.05) is 0 Å². The van der Waals surface area contributed by atoms with Crippen molar-refractivity contribution in [1.82, 2.24) is 0 Å². The molecule has 1 aliphatic carbocycles. The quantitative estimate of drug-likeness (QED) is 0.730. The van der Waals surface area contributed by atoms with Crippen LogP contribution in [0.5, 0.6) is 5.75 Å². The zero-order chi connectivity index (χ0) is 9.97. The first-order chi connectivity index (χ1) is 6.85. The van der Waals surface area contributed by atoms with Crippen LogP contribution in [0.2, 0.25) is 0 Å². The molecule has 0 heterocycles. The fourth-order valence-electron chi connectivity index (χ4n) is 2.00. The summed E-state index contributed by atoms with van der Waals surface area (Å²) in [6.45, 7) is 0. The lowest BCUT2D eigenvalue weighted by Crippen LogP contribution is -2.15. The van der Waals surface area contributed by atoms with Gasteiger partial charge in [-0.15, -0.1) is 0 Å². The third-order valence-corrected chi connectivity index (χ3v) is 2.78. The molecule has 2 rings (SSSR count). The Morgan fingerprint density at radius 2 is 2.29 bits per heavy atom. The van der Waals surface area contributed by atoms with Gasteiger partial charge in [0.25, 0.3) is 0 Å². The Hall–Kier alpha value is -1.06. The summed E-state index contributed by atoms with van der Waals surface area (Å²) in [5.41, 5.74) is 2.51. The molecule has 1 aromatic carbocycles. The van der Waals surface area contributed by atoms with Crippen molar-refractivity contribution in [3.05, 3.63) is 29.3 Å². The Balaban J connectivity index is 2.38. The number of methoxy groups -OCH3 is 1. The minimum absolute atomic E-state index is 0.0360. The normalized spacial score (nSPS) is 20.3. The molecule has 0 fully saturated rings. The highest BCUT2D eigenvalue weighted by Gasteiger charge is 2.20. The van der Waals surface area contributed by atoms with Crippen LogP contribution >= 0.6 is 0 Å². The van der Waals surface area contributed by atoms with Crippen LogP contribution in [0.1, 0.15) is 30.1 Å². The lowest BCUT2D eigenvalue weighted by molar-refractivity contribution is 0.0403. The number of benzene rings is 1. The predicted octanol–water partition coefficient (Wildman–Crippen LogP) is 1.96. The first-order valence-electron chi connectivity index (χ1n) is 4.87. The number of nitrogens with two attached hydrogens (primary N) is 1. The van der Waals surface area contributed by atoms with E-state index in [4.69, 9.17) is 15.5 Å². The molecule has 0 saturated carbocycles. The Kier molecular flexibility index (Phi) is 2.70.